The molecule has 2 heterocycles. The van der Waals surface area contributed by atoms with Crippen molar-refractivity contribution < 1.29 is 9.90 Å². The van der Waals surface area contributed by atoms with Crippen LogP contribution in [0, 0.1) is 0 Å². The molecular weight excluding hydrogens is 240 g/mol. The van der Waals surface area contributed by atoms with Crippen LogP contribution in [-0.2, 0) is 6.54 Å². The van der Waals surface area contributed by atoms with E-state index in [0.717, 1.165) is 25.9 Å². The Morgan fingerprint density at radius 1 is 1.21 bits per heavy atom. The van der Waals surface area contributed by atoms with Crippen molar-refractivity contribution in [3.63, 3.8) is 0 Å². The van der Waals surface area contributed by atoms with E-state index in [9.17, 15) is 4.79 Å². The predicted octanol–water partition coefficient (Wildman–Crippen LogP) is 2.40. The first-order valence-electron chi connectivity index (χ1n) is 6.96. The molecule has 19 heavy (non-hydrogen) atoms. The van der Waals surface area contributed by atoms with E-state index in [1.165, 1.54) is 12.0 Å². The fraction of sp³-hybridized carbons (Fsp3) is 0.533. The molecule has 1 N–H and O–H groups in total. The molecule has 2 fully saturated rings. The van der Waals surface area contributed by atoms with Crippen LogP contribution in [0.3, 0.4) is 0 Å². The van der Waals surface area contributed by atoms with Gasteiger partial charge in [0.05, 0.1) is 0 Å². The van der Waals surface area contributed by atoms with Gasteiger partial charge in [0.25, 0.3) is 0 Å². The summed E-state index contributed by atoms with van der Waals surface area (Å²) in [5, 5.41) is 9.14. The molecule has 2 saturated heterocycles. The summed E-state index contributed by atoms with van der Waals surface area (Å²) < 4.78 is 0. The lowest BCUT2D eigenvalue weighted by Crippen LogP contribution is -2.46. The van der Waals surface area contributed by atoms with Gasteiger partial charge in [-0.15, -0.1) is 0 Å². The number of hydrogen-bond donors (Lipinski definition) is 1. The van der Waals surface area contributed by atoms with Crippen molar-refractivity contribution in [2.45, 2.75) is 31.3 Å². The highest BCUT2D eigenvalue weighted by Gasteiger charge is 2.46. The highest BCUT2D eigenvalue weighted by Crippen LogP contribution is 2.38. The minimum Gasteiger partial charge on any atom is -0.465 e. The van der Waals surface area contributed by atoms with Crippen molar-refractivity contribution in [2.24, 2.45) is 0 Å². The first-order valence-corrected chi connectivity index (χ1v) is 6.96. The smallest absolute Gasteiger partial charge is 0.407 e. The van der Waals surface area contributed by atoms with Crippen molar-refractivity contribution >= 4 is 6.09 Å². The van der Waals surface area contributed by atoms with Crippen LogP contribution in [0.2, 0.25) is 0 Å². The third-order valence-electron chi connectivity index (χ3n) is 4.56. The summed E-state index contributed by atoms with van der Waals surface area (Å²) in [6.45, 7) is 3.38. The van der Waals surface area contributed by atoms with Gasteiger partial charge in [-0.2, -0.15) is 0 Å². The maximum absolute atomic E-state index is 11.1. The van der Waals surface area contributed by atoms with Crippen LogP contribution in [0.25, 0.3) is 0 Å². The monoisotopic (exact) mass is 260 g/mol. The Balaban J connectivity index is 1.73. The van der Waals surface area contributed by atoms with E-state index >= 15 is 0 Å². The number of rotatable bonds is 2. The highest BCUT2D eigenvalue weighted by molar-refractivity contribution is 5.65. The molecule has 1 amide bonds. The summed E-state index contributed by atoms with van der Waals surface area (Å²) in [5.74, 6) is 0. The second kappa shape index (κ2) is 4.85. The van der Waals surface area contributed by atoms with Crippen LogP contribution < -0.4 is 0 Å². The lowest BCUT2D eigenvalue weighted by Gasteiger charge is -2.34. The first-order chi connectivity index (χ1) is 9.20. The number of benzene rings is 1. The molecule has 1 aromatic carbocycles. The van der Waals surface area contributed by atoms with E-state index in [0.29, 0.717) is 13.1 Å². The van der Waals surface area contributed by atoms with E-state index in [1.54, 1.807) is 4.90 Å². The molecule has 0 aliphatic carbocycles. The van der Waals surface area contributed by atoms with Gasteiger partial charge in [-0.3, -0.25) is 4.90 Å². The normalized spacial score (nSPS) is 27.3. The van der Waals surface area contributed by atoms with E-state index in [4.69, 9.17) is 5.11 Å². The molecule has 2 aliphatic heterocycles. The predicted molar refractivity (Wildman–Crippen MR) is 73.0 cm³/mol. The number of nitrogens with zero attached hydrogens (tertiary/aromatic N) is 2. The highest BCUT2D eigenvalue weighted by atomic mass is 16.4. The second-order valence-electron chi connectivity index (χ2n) is 5.69. The average Bonchev–Trinajstić information content (AvgIpc) is 3.00. The van der Waals surface area contributed by atoms with Crippen molar-refractivity contribution in [1.82, 2.24) is 9.80 Å². The second-order valence-corrected chi connectivity index (χ2v) is 5.69. The third kappa shape index (κ3) is 2.32. The maximum Gasteiger partial charge on any atom is 0.407 e. The molecule has 2 aliphatic rings. The Morgan fingerprint density at radius 3 is 2.68 bits per heavy atom. The van der Waals surface area contributed by atoms with E-state index in [-0.39, 0.29) is 5.54 Å². The van der Waals surface area contributed by atoms with E-state index in [1.807, 2.05) is 6.07 Å². The minimum absolute atomic E-state index is 0.0915. The Bertz CT molecular complexity index is 462. The van der Waals surface area contributed by atoms with Gasteiger partial charge in [-0.05, 0) is 31.4 Å². The van der Waals surface area contributed by atoms with Crippen LogP contribution in [0.4, 0.5) is 4.79 Å². The zero-order chi connectivity index (χ0) is 13.3. The number of amides is 1. The van der Waals surface area contributed by atoms with Crippen molar-refractivity contribution in [3.05, 3.63) is 35.9 Å². The number of carbonyl (C=O) groups is 1. The molecule has 1 spiro atoms. The van der Waals surface area contributed by atoms with Gasteiger partial charge < -0.3 is 10.0 Å². The zero-order valence-corrected chi connectivity index (χ0v) is 11.1. The lowest BCUT2D eigenvalue weighted by molar-refractivity contribution is 0.120. The molecule has 4 nitrogen and oxygen atoms in total. The fourth-order valence-electron chi connectivity index (χ4n) is 3.53. The molecule has 1 unspecified atom stereocenters. The summed E-state index contributed by atoms with van der Waals surface area (Å²) in [7, 11) is 0. The average molecular weight is 260 g/mol. The standard InChI is InChI=1S/C15H20N2O2/c18-14(19)16-10-8-15(12-16)7-4-9-17(15)11-13-5-2-1-3-6-13/h1-3,5-6H,4,7-12H2,(H,18,19). The zero-order valence-electron chi connectivity index (χ0n) is 11.1. The molecule has 4 heteroatoms. The van der Waals surface area contributed by atoms with Crippen LogP contribution in [0.15, 0.2) is 30.3 Å². The van der Waals surface area contributed by atoms with Crippen molar-refractivity contribution in [3.8, 4) is 0 Å². The van der Waals surface area contributed by atoms with Crippen molar-refractivity contribution in [2.75, 3.05) is 19.6 Å². The number of carboxylic acid groups (broad SMARTS) is 1. The van der Waals surface area contributed by atoms with Gasteiger partial charge >= 0.3 is 6.09 Å². The van der Waals surface area contributed by atoms with Crippen LogP contribution >= 0.6 is 0 Å². The fourth-order valence-corrected chi connectivity index (χ4v) is 3.53. The third-order valence-corrected chi connectivity index (χ3v) is 4.56. The van der Waals surface area contributed by atoms with Gasteiger partial charge in [0.1, 0.15) is 0 Å². The van der Waals surface area contributed by atoms with Crippen molar-refractivity contribution in [1.29, 1.82) is 0 Å². The van der Waals surface area contributed by atoms with Gasteiger partial charge in [0.2, 0.25) is 0 Å². The SMILES string of the molecule is O=C(O)N1CCC2(CCCN2Cc2ccccc2)C1. The molecule has 3 rings (SSSR count). The maximum atomic E-state index is 11.1. The van der Waals surface area contributed by atoms with Gasteiger partial charge in [0, 0.05) is 25.2 Å². The Labute approximate surface area is 113 Å². The molecule has 0 radical (unpaired) electrons. The Morgan fingerprint density at radius 2 is 2.00 bits per heavy atom. The number of likely N-dealkylation sites (tertiary alicyclic amines) is 2. The Hall–Kier alpha value is -1.55. The summed E-state index contributed by atoms with van der Waals surface area (Å²) in [4.78, 5) is 15.2. The summed E-state index contributed by atoms with van der Waals surface area (Å²) in [5.41, 5.74) is 1.41. The molecule has 0 bridgehead atoms. The van der Waals surface area contributed by atoms with E-state index in [2.05, 4.69) is 29.2 Å². The largest absolute Gasteiger partial charge is 0.465 e. The van der Waals surface area contributed by atoms with Crippen LogP contribution in [0.5, 0.6) is 0 Å². The molecule has 1 atom stereocenters. The minimum atomic E-state index is -0.775. The van der Waals surface area contributed by atoms with Gasteiger partial charge in [-0.25, -0.2) is 4.79 Å². The quantitative estimate of drug-likeness (QED) is 0.888. The summed E-state index contributed by atoms with van der Waals surface area (Å²) in [6.07, 6.45) is 2.51. The topological polar surface area (TPSA) is 43.8 Å². The lowest BCUT2D eigenvalue weighted by atomic mass is 9.95. The van der Waals surface area contributed by atoms with Crippen LogP contribution in [-0.4, -0.2) is 46.2 Å². The van der Waals surface area contributed by atoms with Gasteiger partial charge in [0.15, 0.2) is 0 Å². The van der Waals surface area contributed by atoms with E-state index < -0.39 is 6.09 Å². The van der Waals surface area contributed by atoms with Crippen LogP contribution in [0.1, 0.15) is 24.8 Å². The molecule has 0 saturated carbocycles. The Kier molecular flexibility index (Phi) is 3.19. The first kappa shape index (κ1) is 12.5. The summed E-state index contributed by atoms with van der Waals surface area (Å²) >= 11 is 0. The molecular formula is C15H20N2O2. The molecule has 0 aromatic heterocycles. The molecule has 102 valence electrons. The number of hydrogen-bond acceptors (Lipinski definition) is 2. The summed E-state index contributed by atoms with van der Waals surface area (Å²) in [6, 6.07) is 10.5. The van der Waals surface area contributed by atoms with Gasteiger partial charge in [-0.1, -0.05) is 30.3 Å². The molecule has 1 aromatic rings.